The molecule has 0 aliphatic heterocycles. The summed E-state index contributed by atoms with van der Waals surface area (Å²) in [5, 5.41) is 3.51. The molecule has 156 valence electrons. The molecule has 0 spiro atoms. The van der Waals surface area contributed by atoms with Gasteiger partial charge in [-0.3, -0.25) is 9.78 Å². The molecule has 0 saturated heterocycles. The quantitative estimate of drug-likeness (QED) is 0.597. The highest BCUT2D eigenvalue weighted by Crippen LogP contribution is 2.40. The summed E-state index contributed by atoms with van der Waals surface area (Å²) in [5.41, 5.74) is 1.26. The van der Waals surface area contributed by atoms with Gasteiger partial charge in [0.25, 0.3) is 0 Å². The van der Waals surface area contributed by atoms with Crippen molar-refractivity contribution in [3.8, 4) is 5.75 Å². The lowest BCUT2D eigenvalue weighted by Gasteiger charge is -2.22. The van der Waals surface area contributed by atoms with Gasteiger partial charge in [0.05, 0.1) is 11.6 Å². The minimum absolute atomic E-state index is 0.0556. The van der Waals surface area contributed by atoms with Crippen LogP contribution in [0.25, 0.3) is 10.9 Å². The summed E-state index contributed by atoms with van der Waals surface area (Å²) in [7, 11) is 0. The first-order valence-electron chi connectivity index (χ1n) is 10.2. The Morgan fingerprint density at radius 1 is 1.10 bits per heavy atom. The molecule has 30 heavy (non-hydrogen) atoms. The van der Waals surface area contributed by atoms with Crippen molar-refractivity contribution in [1.29, 1.82) is 0 Å². The summed E-state index contributed by atoms with van der Waals surface area (Å²) in [6, 6.07) is 12.0. The molecular formula is C24H24F2N2O2. The van der Waals surface area contributed by atoms with E-state index in [0.29, 0.717) is 28.3 Å². The Balaban J connectivity index is 1.44. The molecule has 3 aromatic rings. The van der Waals surface area contributed by atoms with E-state index in [9.17, 15) is 13.6 Å². The van der Waals surface area contributed by atoms with Crippen LogP contribution < -0.4 is 10.1 Å². The van der Waals surface area contributed by atoms with Gasteiger partial charge in [-0.2, -0.15) is 0 Å². The van der Waals surface area contributed by atoms with Crippen molar-refractivity contribution < 1.29 is 18.3 Å². The van der Waals surface area contributed by atoms with E-state index in [-0.39, 0.29) is 35.5 Å². The Hall–Kier alpha value is -3.02. The van der Waals surface area contributed by atoms with Gasteiger partial charge in [0.1, 0.15) is 17.4 Å². The van der Waals surface area contributed by atoms with Crippen molar-refractivity contribution in [2.24, 2.45) is 17.8 Å². The molecule has 4 unspecified atom stereocenters. The SMILES string of the molecule is CC1CC(Oc2ccnc3ccc(F)cc23)CC1C(C)C(=O)Nc1ccc(F)cc1. The lowest BCUT2D eigenvalue weighted by Crippen LogP contribution is -2.28. The Morgan fingerprint density at radius 2 is 1.83 bits per heavy atom. The molecule has 1 heterocycles. The molecule has 4 nitrogen and oxygen atoms in total. The van der Waals surface area contributed by atoms with Crippen LogP contribution >= 0.6 is 0 Å². The predicted molar refractivity (Wildman–Crippen MR) is 112 cm³/mol. The monoisotopic (exact) mass is 410 g/mol. The molecule has 6 heteroatoms. The van der Waals surface area contributed by atoms with Crippen molar-refractivity contribution in [1.82, 2.24) is 4.98 Å². The second kappa shape index (κ2) is 8.38. The van der Waals surface area contributed by atoms with E-state index < -0.39 is 0 Å². The molecule has 1 amide bonds. The third-order valence-electron chi connectivity index (χ3n) is 6.03. The largest absolute Gasteiger partial charge is 0.490 e. The highest BCUT2D eigenvalue weighted by atomic mass is 19.1. The van der Waals surface area contributed by atoms with E-state index >= 15 is 0 Å². The smallest absolute Gasteiger partial charge is 0.227 e. The lowest BCUT2D eigenvalue weighted by molar-refractivity contribution is -0.121. The number of benzene rings is 2. The third kappa shape index (κ3) is 4.27. The summed E-state index contributed by atoms with van der Waals surface area (Å²) >= 11 is 0. The number of rotatable bonds is 5. The van der Waals surface area contributed by atoms with Gasteiger partial charge in [-0.05, 0) is 73.2 Å². The van der Waals surface area contributed by atoms with Crippen LogP contribution in [-0.2, 0) is 4.79 Å². The summed E-state index contributed by atoms with van der Waals surface area (Å²) in [5.74, 6) is 0.0914. The Morgan fingerprint density at radius 3 is 2.60 bits per heavy atom. The molecular weight excluding hydrogens is 386 g/mol. The number of amides is 1. The number of nitrogens with zero attached hydrogens (tertiary/aromatic N) is 1. The maximum Gasteiger partial charge on any atom is 0.227 e. The van der Waals surface area contributed by atoms with E-state index in [1.54, 1.807) is 30.5 Å². The number of hydrogen-bond acceptors (Lipinski definition) is 3. The zero-order valence-corrected chi connectivity index (χ0v) is 16.9. The van der Waals surface area contributed by atoms with Crippen molar-refractivity contribution in [2.75, 3.05) is 5.32 Å². The number of nitrogens with one attached hydrogen (secondary N) is 1. The van der Waals surface area contributed by atoms with E-state index in [0.717, 1.165) is 12.8 Å². The number of carbonyl (C=O) groups excluding carboxylic acids is 1. The molecule has 4 atom stereocenters. The van der Waals surface area contributed by atoms with Crippen molar-refractivity contribution in [3.63, 3.8) is 0 Å². The molecule has 0 radical (unpaired) electrons. The van der Waals surface area contributed by atoms with Crippen LogP contribution in [0.2, 0.25) is 0 Å². The van der Waals surface area contributed by atoms with E-state index in [1.807, 2.05) is 6.92 Å². The number of halogens is 2. The van der Waals surface area contributed by atoms with Crippen LogP contribution in [0.15, 0.2) is 54.7 Å². The maximum atomic E-state index is 13.7. The lowest BCUT2D eigenvalue weighted by atomic mass is 9.85. The molecule has 1 saturated carbocycles. The first-order chi connectivity index (χ1) is 14.4. The van der Waals surface area contributed by atoms with Crippen LogP contribution in [0.5, 0.6) is 5.75 Å². The molecule has 1 fully saturated rings. The van der Waals surface area contributed by atoms with Crippen LogP contribution in [-0.4, -0.2) is 17.0 Å². The van der Waals surface area contributed by atoms with Gasteiger partial charge in [-0.1, -0.05) is 13.8 Å². The molecule has 1 aromatic heterocycles. The Kier molecular flexibility index (Phi) is 5.66. The third-order valence-corrected chi connectivity index (χ3v) is 6.03. The van der Waals surface area contributed by atoms with Crippen LogP contribution in [0.4, 0.5) is 14.5 Å². The summed E-state index contributed by atoms with van der Waals surface area (Å²) in [4.78, 5) is 17.0. The van der Waals surface area contributed by atoms with E-state index in [1.165, 1.54) is 24.3 Å². The number of fused-ring (bicyclic) bond motifs is 1. The van der Waals surface area contributed by atoms with Crippen LogP contribution in [0, 0.1) is 29.4 Å². The molecule has 0 bridgehead atoms. The standard InChI is InChI=1S/C24H24F2N2O2/c1-14-11-19(30-23-9-10-27-22-8-5-17(26)12-21(22)23)13-20(14)15(2)24(29)28-18-6-3-16(25)4-7-18/h3-10,12,14-15,19-20H,11,13H2,1-2H3,(H,28,29). The van der Waals surface area contributed by atoms with Gasteiger partial charge in [0.15, 0.2) is 0 Å². The van der Waals surface area contributed by atoms with Crippen LogP contribution in [0.1, 0.15) is 26.7 Å². The highest BCUT2D eigenvalue weighted by molar-refractivity contribution is 5.92. The fourth-order valence-electron chi connectivity index (χ4n) is 4.37. The molecule has 1 N–H and O–H groups in total. The second-order valence-corrected chi connectivity index (χ2v) is 8.11. The van der Waals surface area contributed by atoms with Gasteiger partial charge in [0, 0.05) is 23.2 Å². The average molecular weight is 410 g/mol. The number of aromatic nitrogens is 1. The van der Waals surface area contributed by atoms with Gasteiger partial charge < -0.3 is 10.1 Å². The van der Waals surface area contributed by atoms with E-state index in [2.05, 4.69) is 17.2 Å². The first kappa shape index (κ1) is 20.3. The Bertz CT molecular complexity index is 1050. The fraction of sp³-hybridized carbons (Fsp3) is 0.333. The highest BCUT2D eigenvalue weighted by Gasteiger charge is 2.38. The van der Waals surface area contributed by atoms with E-state index in [4.69, 9.17) is 4.74 Å². The summed E-state index contributed by atoms with van der Waals surface area (Å²) in [6.07, 6.45) is 3.15. The number of carbonyl (C=O) groups is 1. The predicted octanol–water partition coefficient (Wildman–Crippen LogP) is 5.58. The number of ether oxygens (including phenoxy) is 1. The molecule has 1 aliphatic rings. The van der Waals surface area contributed by atoms with Crippen molar-refractivity contribution in [2.45, 2.75) is 32.8 Å². The minimum atomic E-state index is -0.339. The van der Waals surface area contributed by atoms with Gasteiger partial charge >= 0.3 is 0 Å². The average Bonchev–Trinajstić information content (AvgIpc) is 3.09. The van der Waals surface area contributed by atoms with Crippen molar-refractivity contribution >= 4 is 22.5 Å². The zero-order chi connectivity index (χ0) is 21.3. The fourth-order valence-corrected chi connectivity index (χ4v) is 4.37. The normalized spacial score (nSPS) is 22.1. The number of anilines is 1. The van der Waals surface area contributed by atoms with Gasteiger partial charge in [-0.15, -0.1) is 0 Å². The Labute approximate surface area is 174 Å². The molecule has 2 aromatic carbocycles. The number of hydrogen-bond donors (Lipinski definition) is 1. The van der Waals surface area contributed by atoms with Crippen molar-refractivity contribution in [3.05, 3.63) is 66.4 Å². The molecule has 1 aliphatic carbocycles. The number of pyridine rings is 1. The summed E-state index contributed by atoms with van der Waals surface area (Å²) < 4.78 is 33.0. The summed E-state index contributed by atoms with van der Waals surface area (Å²) in [6.45, 7) is 4.04. The first-order valence-corrected chi connectivity index (χ1v) is 10.2. The second-order valence-electron chi connectivity index (χ2n) is 8.11. The van der Waals surface area contributed by atoms with Crippen LogP contribution in [0.3, 0.4) is 0 Å². The topological polar surface area (TPSA) is 51.2 Å². The minimum Gasteiger partial charge on any atom is -0.490 e. The molecule has 4 rings (SSSR count). The zero-order valence-electron chi connectivity index (χ0n) is 16.9. The maximum absolute atomic E-state index is 13.7. The van der Waals surface area contributed by atoms with Gasteiger partial charge in [0.2, 0.25) is 5.91 Å². The van der Waals surface area contributed by atoms with Gasteiger partial charge in [-0.25, -0.2) is 8.78 Å².